The lowest BCUT2D eigenvalue weighted by Gasteiger charge is -2.37. The fourth-order valence-electron chi connectivity index (χ4n) is 10.0. The number of piperazine rings is 1. The first-order valence-corrected chi connectivity index (χ1v) is 38.0. The van der Waals surface area contributed by atoms with Crippen LogP contribution in [0.5, 0.6) is 0 Å². The molecule has 0 unspecified atom stereocenters. The highest BCUT2D eigenvalue weighted by molar-refractivity contribution is 6.18. The fraction of sp³-hybridized carbons (Fsp3) is 0.448. The molecular weight excluding hydrogens is 1240 g/mol. The number of halogens is 2. The van der Waals surface area contributed by atoms with Gasteiger partial charge in [0.2, 0.25) is 0 Å². The highest BCUT2D eigenvalue weighted by Gasteiger charge is 2.23. The van der Waals surface area contributed by atoms with Crippen molar-refractivity contribution in [1.29, 1.82) is 0 Å². The summed E-state index contributed by atoms with van der Waals surface area (Å²) in [4.78, 5) is 5.02. The number of hydrogen-bond donors (Lipinski definition) is 2. The van der Waals surface area contributed by atoms with E-state index < -0.39 is 0 Å². The topological polar surface area (TPSA) is 67.5 Å². The Kier molecular flexibility index (Phi) is 64.5. The van der Waals surface area contributed by atoms with Gasteiger partial charge in [-0.25, -0.2) is 0 Å². The zero-order valence-electron chi connectivity index (χ0n) is 63.4. The van der Waals surface area contributed by atoms with Gasteiger partial charge in [-0.1, -0.05) is 353 Å². The Morgan fingerprint density at radius 2 is 0.588 bits per heavy atom. The zero-order chi connectivity index (χ0) is 72.4. The van der Waals surface area contributed by atoms with E-state index in [1.165, 1.54) is 28.7 Å². The smallest absolute Gasteiger partial charge is 0.108 e. The van der Waals surface area contributed by atoms with Gasteiger partial charge in [-0.2, -0.15) is 0 Å². The van der Waals surface area contributed by atoms with Crippen LogP contribution in [-0.4, -0.2) is 112 Å². The van der Waals surface area contributed by atoms with Gasteiger partial charge in [0.1, 0.15) is 24.4 Å². The molecule has 8 aromatic carbocycles. The number of benzene rings is 8. The molecule has 8 nitrogen and oxygen atoms in total. The first-order valence-electron chi connectivity index (χ1n) is 36.9. The van der Waals surface area contributed by atoms with Gasteiger partial charge < -0.3 is 29.6 Å². The van der Waals surface area contributed by atoms with Crippen LogP contribution in [0, 0.1) is 0 Å². The molecule has 0 spiro atoms. The van der Waals surface area contributed by atoms with Crippen LogP contribution in [0.3, 0.4) is 0 Å². The first kappa shape index (κ1) is 93.1. The molecule has 2 heterocycles. The zero-order valence-corrected chi connectivity index (χ0v) is 65.0. The lowest BCUT2D eigenvalue weighted by molar-refractivity contribution is 0.0412. The Morgan fingerprint density at radius 3 is 0.845 bits per heavy atom. The van der Waals surface area contributed by atoms with Crippen LogP contribution in [0.1, 0.15) is 200 Å². The third-order valence-electron chi connectivity index (χ3n) is 14.2. The third-order valence-corrected chi connectivity index (χ3v) is 14.5. The number of alkyl halides is 2. The molecule has 10 heteroatoms. The Bertz CT molecular complexity index is 2550. The molecule has 2 aliphatic rings. The monoisotopic (exact) mass is 1370 g/mol. The van der Waals surface area contributed by atoms with Crippen molar-refractivity contribution in [2.24, 2.45) is 0 Å². The molecule has 2 atom stereocenters. The van der Waals surface area contributed by atoms with Crippen LogP contribution < -0.4 is 10.6 Å². The predicted octanol–water partition coefficient (Wildman–Crippen LogP) is 22.8. The Balaban J connectivity index is 0. The van der Waals surface area contributed by atoms with Crippen molar-refractivity contribution in [2.75, 3.05) is 90.5 Å². The molecule has 8 aromatic rings. The molecule has 0 aliphatic carbocycles. The van der Waals surface area contributed by atoms with Crippen molar-refractivity contribution in [2.45, 2.75) is 168 Å². The Labute approximate surface area is 604 Å². The van der Waals surface area contributed by atoms with Gasteiger partial charge in [0.25, 0.3) is 0 Å². The van der Waals surface area contributed by atoms with Gasteiger partial charge in [0.05, 0.1) is 26.4 Å². The van der Waals surface area contributed by atoms with Gasteiger partial charge >= 0.3 is 0 Å². The minimum Gasteiger partial charge on any atom is -0.368 e. The van der Waals surface area contributed by atoms with Crippen LogP contribution in [0.15, 0.2) is 243 Å². The number of rotatable bonds is 22. The largest absolute Gasteiger partial charge is 0.368 e. The number of nitrogens with one attached hydrogen (secondary N) is 2. The summed E-state index contributed by atoms with van der Waals surface area (Å²) in [5.74, 6) is 1.02. The van der Waals surface area contributed by atoms with Gasteiger partial charge in [-0.3, -0.25) is 9.80 Å². The van der Waals surface area contributed by atoms with Crippen LogP contribution in [0.25, 0.3) is 0 Å². The second-order valence-corrected chi connectivity index (χ2v) is 21.0. The van der Waals surface area contributed by atoms with Crippen LogP contribution in [0.2, 0.25) is 0 Å². The molecule has 0 radical (unpaired) electrons. The van der Waals surface area contributed by atoms with E-state index in [1.807, 2.05) is 184 Å². The summed E-state index contributed by atoms with van der Waals surface area (Å²) in [7, 11) is 0. The van der Waals surface area contributed by atoms with Crippen molar-refractivity contribution < 1.29 is 18.9 Å². The number of hydrogen-bond acceptors (Lipinski definition) is 8. The molecule has 0 aromatic heterocycles. The summed E-state index contributed by atoms with van der Waals surface area (Å²) in [5.41, 5.74) is 9.49. The molecule has 2 aliphatic heterocycles. The summed E-state index contributed by atoms with van der Waals surface area (Å²) in [6.07, 6.45) is 1.18. The normalized spacial score (nSPS) is 13.6. The van der Waals surface area contributed by atoms with E-state index in [4.69, 9.17) is 42.1 Å². The van der Waals surface area contributed by atoms with E-state index in [0.717, 1.165) is 87.8 Å². The molecule has 0 saturated carbocycles. The van der Waals surface area contributed by atoms with Gasteiger partial charge in [-0.15, -0.1) is 23.2 Å². The molecule has 0 bridgehead atoms. The average molecular weight is 1370 g/mol. The third kappa shape index (κ3) is 40.0. The van der Waals surface area contributed by atoms with Crippen LogP contribution >= 0.6 is 23.2 Å². The Hall–Kier alpha value is -5.98. The fourth-order valence-corrected chi connectivity index (χ4v) is 10.2. The van der Waals surface area contributed by atoms with E-state index in [-0.39, 0.29) is 24.4 Å². The lowest BCUT2D eigenvalue weighted by atomic mass is 10.0. The van der Waals surface area contributed by atoms with Crippen molar-refractivity contribution in [3.8, 4) is 0 Å². The van der Waals surface area contributed by atoms with E-state index in [0.29, 0.717) is 37.1 Å². The minimum atomic E-state index is -0.0313. The molecule has 0 amide bonds. The molecule has 2 saturated heterocycles. The summed E-state index contributed by atoms with van der Waals surface area (Å²) in [6, 6.07) is 83.9. The molecule has 10 rings (SSSR count). The van der Waals surface area contributed by atoms with Crippen molar-refractivity contribution >= 4 is 23.2 Å². The van der Waals surface area contributed by atoms with E-state index in [2.05, 4.69) is 204 Å². The van der Waals surface area contributed by atoms with Crippen LogP contribution in [-0.2, 0) is 18.9 Å². The SMILES string of the molecule is CC.CC.CC.CC.CC.CC.CC.CC.C[C@@H]1CN(CCOC(c2ccccc2)c2ccccc2)[C@@H](C)CN1.ClCCOC(c1ccccc1)c1ccccc1.ClCCOC(c1ccccc1)c1ccccc1.c1ccc(C(OCCN2CCCNCC2)c2ccccc2)cc1. The molecule has 2 fully saturated rings. The summed E-state index contributed by atoms with van der Waals surface area (Å²) >= 11 is 11.4. The van der Waals surface area contributed by atoms with Crippen molar-refractivity contribution in [3.05, 3.63) is 287 Å². The van der Waals surface area contributed by atoms with Gasteiger partial charge in [0, 0.05) is 63.1 Å². The predicted molar refractivity (Wildman–Crippen MR) is 427 cm³/mol. The summed E-state index contributed by atoms with van der Waals surface area (Å²) < 4.78 is 24.3. The molecule has 538 valence electrons. The Morgan fingerprint density at radius 1 is 0.340 bits per heavy atom. The van der Waals surface area contributed by atoms with Crippen molar-refractivity contribution in [1.82, 2.24) is 20.4 Å². The maximum Gasteiger partial charge on any atom is 0.108 e. The summed E-state index contributed by atoms with van der Waals surface area (Å²) in [5, 5.41) is 6.98. The van der Waals surface area contributed by atoms with Gasteiger partial charge in [0.15, 0.2) is 0 Å². The van der Waals surface area contributed by atoms with E-state index in [9.17, 15) is 0 Å². The number of nitrogens with zero attached hydrogens (tertiary/aromatic N) is 2. The molecular formula is C87H132Cl2N4O4. The maximum absolute atomic E-state index is 6.34. The average Bonchev–Trinajstić information content (AvgIpc) is 2.92. The number of ether oxygens (including phenoxy) is 4. The van der Waals surface area contributed by atoms with Crippen molar-refractivity contribution in [3.63, 3.8) is 0 Å². The van der Waals surface area contributed by atoms with E-state index >= 15 is 0 Å². The van der Waals surface area contributed by atoms with E-state index in [1.54, 1.807) is 0 Å². The summed E-state index contributed by atoms with van der Waals surface area (Å²) in [6.45, 7) is 47.7. The molecule has 2 N–H and O–H groups in total. The lowest BCUT2D eigenvalue weighted by Crippen LogP contribution is -2.54. The highest BCUT2D eigenvalue weighted by Crippen LogP contribution is 2.29. The highest BCUT2D eigenvalue weighted by atomic mass is 35.5. The van der Waals surface area contributed by atoms with Crippen LogP contribution in [0.4, 0.5) is 0 Å². The molecule has 97 heavy (non-hydrogen) atoms. The first-order chi connectivity index (χ1) is 48.0. The second-order valence-electron chi connectivity index (χ2n) is 20.3. The maximum atomic E-state index is 6.34. The standard InChI is InChI=1S/C21H28N2O.C20H26N2O.2C15H15ClO.8C2H6/c1-17-16-23(18(2)15-22-17)13-14-24-21(19-9-5-3-6-10-19)20-11-7-4-8-12-20;1-3-8-18(9-4-1)20(19-10-5-2-6-11-19)23-17-16-22-14-7-12-21-13-15-22;2*16-11-12-17-15(13-7-3-1-4-8-13)14-9-5-2-6-10-14;8*1-2/h3-12,17-18,21-22H,13-16H2,1-2H3;1-6,8-11,20-21H,7,12-17H2;2*1-10,15H,11-12H2;8*1-2H3/t17-,18+;;;;;;;;;;;/m1.........../s1. The quantitative estimate of drug-likeness (QED) is 0.0651. The van der Waals surface area contributed by atoms with Gasteiger partial charge in [-0.05, 0) is 77.9 Å². The second kappa shape index (κ2) is 67.2. The minimum absolute atomic E-state index is 0.00282.